The van der Waals surface area contributed by atoms with E-state index in [1.807, 2.05) is 32.9 Å². The topological polar surface area (TPSA) is 83.6 Å². The number of nitrogens with zero attached hydrogens (tertiary/aromatic N) is 1. The van der Waals surface area contributed by atoms with Crippen LogP contribution in [0.4, 0.5) is 5.69 Å². The molecule has 2 aliphatic rings. The van der Waals surface area contributed by atoms with Gasteiger partial charge >= 0.3 is 0 Å². The van der Waals surface area contributed by atoms with Gasteiger partial charge in [-0.15, -0.1) is 0 Å². The van der Waals surface area contributed by atoms with Crippen molar-refractivity contribution in [2.45, 2.75) is 44.6 Å². The highest BCUT2D eigenvalue weighted by atomic mass is 32.2. The number of benzene rings is 2. The first-order valence-electron chi connectivity index (χ1n) is 8.82. The highest BCUT2D eigenvalue weighted by molar-refractivity contribution is 7.90. The Morgan fingerprint density at radius 2 is 1.70 bits per heavy atom. The number of hydrogen-bond donors (Lipinski definition) is 1. The van der Waals surface area contributed by atoms with E-state index in [4.69, 9.17) is 0 Å². The van der Waals surface area contributed by atoms with Crippen LogP contribution < -0.4 is 5.32 Å². The number of sulfonamides is 1. The fourth-order valence-electron chi connectivity index (χ4n) is 3.62. The van der Waals surface area contributed by atoms with Gasteiger partial charge in [0, 0.05) is 17.3 Å². The molecular formula is C20H20N2O4S. The molecule has 0 unspecified atom stereocenters. The first-order chi connectivity index (χ1) is 12.7. The molecule has 1 heterocycles. The van der Waals surface area contributed by atoms with E-state index < -0.39 is 21.8 Å². The van der Waals surface area contributed by atoms with Crippen molar-refractivity contribution >= 4 is 27.5 Å². The maximum absolute atomic E-state index is 12.7. The van der Waals surface area contributed by atoms with Crippen LogP contribution in [-0.2, 0) is 10.0 Å². The molecule has 2 aromatic carbocycles. The number of anilines is 1. The lowest BCUT2D eigenvalue weighted by molar-refractivity contribution is 0.0864. The molecule has 7 heteroatoms. The monoisotopic (exact) mass is 384 g/mol. The lowest BCUT2D eigenvalue weighted by Crippen LogP contribution is -2.31. The maximum Gasteiger partial charge on any atom is 0.269 e. The average molecular weight is 384 g/mol. The minimum absolute atomic E-state index is 0.0793. The summed E-state index contributed by atoms with van der Waals surface area (Å²) in [5.74, 6) is -0.898. The van der Waals surface area contributed by atoms with E-state index in [0.29, 0.717) is 18.5 Å². The van der Waals surface area contributed by atoms with Crippen LogP contribution >= 0.6 is 0 Å². The molecule has 1 fully saturated rings. The third kappa shape index (κ3) is 2.82. The van der Waals surface area contributed by atoms with Crippen LogP contribution in [0.5, 0.6) is 0 Å². The zero-order valence-electron chi connectivity index (χ0n) is 15.4. The smallest absolute Gasteiger partial charge is 0.269 e. The summed E-state index contributed by atoms with van der Waals surface area (Å²) >= 11 is 0. The average Bonchev–Trinajstić information content (AvgIpc) is 3.39. The molecule has 0 bridgehead atoms. The van der Waals surface area contributed by atoms with Gasteiger partial charge in [-0.05, 0) is 62.9 Å². The number of aryl methyl sites for hydroxylation is 3. The fraction of sp³-hybridized carbons (Fsp3) is 0.300. The second-order valence-corrected chi connectivity index (χ2v) is 9.06. The van der Waals surface area contributed by atoms with Crippen molar-refractivity contribution < 1.29 is 18.0 Å². The summed E-state index contributed by atoms with van der Waals surface area (Å²) in [4.78, 5) is 25.1. The molecule has 1 N–H and O–H groups in total. The van der Waals surface area contributed by atoms with E-state index in [1.165, 1.54) is 18.2 Å². The van der Waals surface area contributed by atoms with Crippen molar-refractivity contribution in [3.05, 3.63) is 58.1 Å². The van der Waals surface area contributed by atoms with E-state index >= 15 is 0 Å². The number of hydrogen-bond acceptors (Lipinski definition) is 4. The molecule has 0 atom stereocenters. The Hall–Kier alpha value is -2.67. The molecule has 0 aromatic heterocycles. The van der Waals surface area contributed by atoms with Gasteiger partial charge in [-0.2, -0.15) is 0 Å². The predicted molar refractivity (Wildman–Crippen MR) is 101 cm³/mol. The third-order valence-electron chi connectivity index (χ3n) is 5.01. The Labute approximate surface area is 158 Å². The van der Waals surface area contributed by atoms with E-state index in [-0.39, 0.29) is 22.1 Å². The van der Waals surface area contributed by atoms with Gasteiger partial charge in [0.25, 0.3) is 21.8 Å². The minimum atomic E-state index is -3.88. The van der Waals surface area contributed by atoms with Crippen LogP contribution in [0.15, 0.2) is 35.2 Å². The van der Waals surface area contributed by atoms with Gasteiger partial charge in [0.2, 0.25) is 0 Å². The van der Waals surface area contributed by atoms with Crippen molar-refractivity contribution in [1.29, 1.82) is 0 Å². The predicted octanol–water partition coefficient (Wildman–Crippen LogP) is 3.17. The molecule has 2 amide bonds. The van der Waals surface area contributed by atoms with E-state index in [0.717, 1.165) is 21.0 Å². The van der Waals surface area contributed by atoms with Crippen molar-refractivity contribution in [3.63, 3.8) is 0 Å². The summed E-state index contributed by atoms with van der Waals surface area (Å²) < 4.78 is 26.4. The van der Waals surface area contributed by atoms with Gasteiger partial charge < -0.3 is 5.32 Å². The Morgan fingerprint density at radius 3 is 2.30 bits per heavy atom. The third-order valence-corrected chi connectivity index (χ3v) is 6.88. The standard InChI is InChI=1S/C20H20N2O4S/c1-11-8-12(2)18(13(3)9-11)21-19(23)14-4-7-16-17(10-14)27(25,26)22(20(16)24)15-5-6-15/h4,7-10,15H,5-6H2,1-3H3,(H,21,23). The lowest BCUT2D eigenvalue weighted by Gasteiger charge is -2.14. The summed E-state index contributed by atoms with van der Waals surface area (Å²) in [6.45, 7) is 5.81. The largest absolute Gasteiger partial charge is 0.322 e. The number of carbonyl (C=O) groups is 2. The number of amides is 2. The Balaban J connectivity index is 1.69. The molecule has 0 radical (unpaired) electrons. The summed E-state index contributed by atoms with van der Waals surface area (Å²) in [6, 6.07) is 7.94. The van der Waals surface area contributed by atoms with Gasteiger partial charge in [-0.1, -0.05) is 17.7 Å². The SMILES string of the molecule is Cc1cc(C)c(NC(=O)c2ccc3c(c2)S(=O)(=O)N(C2CC2)C3=O)c(C)c1. The van der Waals surface area contributed by atoms with E-state index in [1.54, 1.807) is 0 Å². The van der Waals surface area contributed by atoms with Crippen molar-refractivity contribution in [1.82, 2.24) is 4.31 Å². The molecular weight excluding hydrogens is 364 g/mol. The molecule has 1 aliphatic carbocycles. The van der Waals surface area contributed by atoms with Crippen LogP contribution in [-0.4, -0.2) is 30.6 Å². The van der Waals surface area contributed by atoms with Crippen LogP contribution in [0.1, 0.15) is 50.2 Å². The van der Waals surface area contributed by atoms with Crippen LogP contribution in [0, 0.1) is 20.8 Å². The highest BCUT2D eigenvalue weighted by Gasteiger charge is 2.48. The fourth-order valence-corrected chi connectivity index (χ4v) is 5.46. The van der Waals surface area contributed by atoms with Crippen LogP contribution in [0.25, 0.3) is 0 Å². The summed E-state index contributed by atoms with van der Waals surface area (Å²) in [6.07, 6.45) is 1.39. The summed E-state index contributed by atoms with van der Waals surface area (Å²) in [7, 11) is -3.88. The molecule has 6 nitrogen and oxygen atoms in total. The molecule has 1 saturated carbocycles. The number of rotatable bonds is 3. The van der Waals surface area contributed by atoms with Crippen LogP contribution in [0.2, 0.25) is 0 Å². The number of nitrogens with one attached hydrogen (secondary N) is 1. The van der Waals surface area contributed by atoms with Gasteiger partial charge in [0.05, 0.1) is 5.56 Å². The zero-order valence-corrected chi connectivity index (χ0v) is 16.2. The lowest BCUT2D eigenvalue weighted by atomic mass is 10.0. The molecule has 4 rings (SSSR count). The molecule has 0 spiro atoms. The Kier molecular flexibility index (Phi) is 3.89. The molecule has 1 aliphatic heterocycles. The summed E-state index contributed by atoms with van der Waals surface area (Å²) in [5.41, 5.74) is 4.03. The number of fused-ring (bicyclic) bond motifs is 1. The van der Waals surface area contributed by atoms with Gasteiger partial charge in [-0.25, -0.2) is 12.7 Å². The zero-order chi connectivity index (χ0) is 19.5. The highest BCUT2D eigenvalue weighted by Crippen LogP contribution is 2.39. The Morgan fingerprint density at radius 1 is 1.07 bits per heavy atom. The second-order valence-electron chi connectivity index (χ2n) is 7.28. The molecule has 0 saturated heterocycles. The van der Waals surface area contributed by atoms with Gasteiger partial charge in [0.1, 0.15) is 4.90 Å². The summed E-state index contributed by atoms with van der Waals surface area (Å²) in [5, 5.41) is 2.87. The minimum Gasteiger partial charge on any atom is -0.322 e. The maximum atomic E-state index is 12.7. The molecule has 140 valence electrons. The second kappa shape index (κ2) is 5.92. The number of carbonyl (C=O) groups excluding carboxylic acids is 2. The molecule has 27 heavy (non-hydrogen) atoms. The Bertz CT molecular complexity index is 1080. The normalized spacial score (nSPS) is 17.7. The van der Waals surface area contributed by atoms with E-state index in [2.05, 4.69) is 5.32 Å². The van der Waals surface area contributed by atoms with Crippen molar-refractivity contribution in [3.8, 4) is 0 Å². The first kappa shape index (κ1) is 17.7. The van der Waals surface area contributed by atoms with Crippen LogP contribution in [0.3, 0.4) is 0 Å². The van der Waals surface area contributed by atoms with Crippen molar-refractivity contribution in [2.75, 3.05) is 5.32 Å². The quantitative estimate of drug-likeness (QED) is 0.881. The van der Waals surface area contributed by atoms with Crippen molar-refractivity contribution in [2.24, 2.45) is 0 Å². The first-order valence-corrected chi connectivity index (χ1v) is 10.3. The van der Waals surface area contributed by atoms with Gasteiger partial charge in [0.15, 0.2) is 0 Å². The van der Waals surface area contributed by atoms with E-state index in [9.17, 15) is 18.0 Å². The van der Waals surface area contributed by atoms with Gasteiger partial charge in [-0.3, -0.25) is 9.59 Å². The molecule has 2 aromatic rings.